The Morgan fingerprint density at radius 2 is 2.22 bits per heavy atom. The Balaban J connectivity index is 2.31. The Labute approximate surface area is 114 Å². The van der Waals surface area contributed by atoms with Gasteiger partial charge in [0, 0.05) is 24.7 Å². The van der Waals surface area contributed by atoms with Crippen LogP contribution >= 0.6 is 15.9 Å². The number of sulfonamides is 1. The van der Waals surface area contributed by atoms with Gasteiger partial charge in [-0.15, -0.1) is 0 Å². The number of nitrogens with zero attached hydrogens (tertiary/aromatic N) is 1. The Hall–Kier alpha value is -0.500. The predicted molar refractivity (Wildman–Crippen MR) is 68.3 cm³/mol. The van der Waals surface area contributed by atoms with Crippen molar-refractivity contribution in [2.45, 2.75) is 17.4 Å². The molecule has 1 heterocycles. The molecule has 0 radical (unpaired) electrons. The lowest BCUT2D eigenvalue weighted by Crippen LogP contribution is -2.30. The van der Waals surface area contributed by atoms with E-state index in [9.17, 15) is 12.8 Å². The maximum Gasteiger partial charge on any atom is 0.246 e. The summed E-state index contributed by atoms with van der Waals surface area (Å²) in [7, 11) is -2.23. The monoisotopic (exact) mass is 337 g/mol. The minimum Gasteiger partial charge on any atom is -0.380 e. The van der Waals surface area contributed by atoms with Crippen LogP contribution in [0.5, 0.6) is 0 Å². The van der Waals surface area contributed by atoms with Gasteiger partial charge in [0.25, 0.3) is 0 Å². The van der Waals surface area contributed by atoms with Crippen molar-refractivity contribution in [1.29, 1.82) is 0 Å². The van der Waals surface area contributed by atoms with E-state index in [2.05, 4.69) is 15.9 Å². The Bertz CT molecular complexity index is 549. The van der Waals surface area contributed by atoms with Gasteiger partial charge in [-0.3, -0.25) is 0 Å². The molecular formula is C11H13BrFNO3S. The summed E-state index contributed by atoms with van der Waals surface area (Å²) < 4.78 is 45.1. The zero-order valence-corrected chi connectivity index (χ0v) is 12.2. The Morgan fingerprint density at radius 1 is 1.50 bits per heavy atom. The number of ether oxygens (including phenoxy) is 1. The van der Waals surface area contributed by atoms with E-state index in [1.807, 2.05) is 0 Å². The smallest absolute Gasteiger partial charge is 0.246 e. The highest BCUT2D eigenvalue weighted by Gasteiger charge is 2.34. The molecule has 1 aromatic rings. The molecule has 2 rings (SSSR count). The number of halogens is 2. The third kappa shape index (κ3) is 2.59. The number of hydrogen-bond acceptors (Lipinski definition) is 3. The van der Waals surface area contributed by atoms with Crippen molar-refractivity contribution in [2.75, 3.05) is 20.2 Å². The predicted octanol–water partition coefficient (Wildman–Crippen LogP) is 2.00. The van der Waals surface area contributed by atoms with Gasteiger partial charge in [-0.05, 0) is 24.6 Å². The molecule has 0 bridgehead atoms. The molecule has 100 valence electrons. The van der Waals surface area contributed by atoms with Crippen molar-refractivity contribution in [3.05, 3.63) is 28.5 Å². The van der Waals surface area contributed by atoms with Crippen molar-refractivity contribution < 1.29 is 17.5 Å². The van der Waals surface area contributed by atoms with Crippen LogP contribution in [-0.4, -0.2) is 39.0 Å². The van der Waals surface area contributed by atoms with Crippen molar-refractivity contribution in [3.63, 3.8) is 0 Å². The molecule has 1 fully saturated rings. The quantitative estimate of drug-likeness (QED) is 0.847. The third-order valence-corrected chi connectivity index (χ3v) is 5.34. The van der Waals surface area contributed by atoms with E-state index in [0.717, 1.165) is 6.07 Å². The van der Waals surface area contributed by atoms with E-state index in [0.29, 0.717) is 17.4 Å². The van der Waals surface area contributed by atoms with Crippen LogP contribution in [0, 0.1) is 5.82 Å². The highest BCUT2D eigenvalue weighted by Crippen LogP contribution is 2.25. The summed E-state index contributed by atoms with van der Waals surface area (Å²) in [5.74, 6) is -0.745. The number of methoxy groups -OCH3 is 1. The van der Waals surface area contributed by atoms with Crippen LogP contribution in [-0.2, 0) is 14.8 Å². The highest BCUT2D eigenvalue weighted by atomic mass is 79.9. The summed E-state index contributed by atoms with van der Waals surface area (Å²) in [5.41, 5.74) is 0. The number of hydrogen-bond donors (Lipinski definition) is 0. The van der Waals surface area contributed by atoms with E-state index in [4.69, 9.17) is 4.74 Å². The van der Waals surface area contributed by atoms with E-state index < -0.39 is 15.8 Å². The molecule has 1 aliphatic rings. The van der Waals surface area contributed by atoms with Crippen molar-refractivity contribution in [2.24, 2.45) is 0 Å². The molecule has 0 aliphatic carbocycles. The van der Waals surface area contributed by atoms with Gasteiger partial charge in [-0.25, -0.2) is 12.8 Å². The molecule has 0 spiro atoms. The molecule has 1 aromatic carbocycles. The average Bonchev–Trinajstić information content (AvgIpc) is 2.77. The second kappa shape index (κ2) is 5.24. The minimum atomic E-state index is -3.77. The maximum atomic E-state index is 13.7. The van der Waals surface area contributed by atoms with Crippen LogP contribution in [0.3, 0.4) is 0 Å². The van der Waals surface area contributed by atoms with Crippen LogP contribution in [0.4, 0.5) is 4.39 Å². The van der Waals surface area contributed by atoms with E-state index in [1.54, 1.807) is 7.11 Å². The number of rotatable bonds is 3. The second-order valence-electron chi connectivity index (χ2n) is 4.08. The van der Waals surface area contributed by atoms with Gasteiger partial charge >= 0.3 is 0 Å². The molecule has 4 nitrogen and oxygen atoms in total. The summed E-state index contributed by atoms with van der Waals surface area (Å²) in [6.07, 6.45) is 0.520. The van der Waals surface area contributed by atoms with Gasteiger partial charge in [-0.1, -0.05) is 15.9 Å². The first-order valence-corrected chi connectivity index (χ1v) is 7.66. The fraction of sp³-hybridized carbons (Fsp3) is 0.455. The SMILES string of the molecule is COC1CCN(S(=O)(=O)c2ccc(Br)cc2F)C1. The van der Waals surface area contributed by atoms with Crippen LogP contribution in [0.25, 0.3) is 0 Å². The fourth-order valence-electron chi connectivity index (χ4n) is 1.93. The van der Waals surface area contributed by atoms with Crippen molar-refractivity contribution >= 4 is 26.0 Å². The highest BCUT2D eigenvalue weighted by molar-refractivity contribution is 9.10. The van der Waals surface area contributed by atoms with Crippen LogP contribution in [0.2, 0.25) is 0 Å². The molecule has 7 heteroatoms. The summed E-state index contributed by atoms with van der Waals surface area (Å²) in [6, 6.07) is 3.94. The largest absolute Gasteiger partial charge is 0.380 e. The Morgan fingerprint density at radius 3 is 2.78 bits per heavy atom. The van der Waals surface area contributed by atoms with Crippen molar-refractivity contribution in [1.82, 2.24) is 4.31 Å². The summed E-state index contributed by atoms with van der Waals surface area (Å²) in [4.78, 5) is -0.289. The Kier molecular flexibility index (Phi) is 4.05. The average molecular weight is 338 g/mol. The van der Waals surface area contributed by atoms with Gasteiger partial charge in [0.1, 0.15) is 10.7 Å². The topological polar surface area (TPSA) is 46.6 Å². The molecule has 0 saturated carbocycles. The normalized spacial score (nSPS) is 21.4. The maximum absolute atomic E-state index is 13.7. The molecule has 0 amide bonds. The fourth-order valence-corrected chi connectivity index (χ4v) is 3.80. The molecule has 1 atom stereocenters. The van der Waals surface area contributed by atoms with E-state index >= 15 is 0 Å². The van der Waals surface area contributed by atoms with Gasteiger partial charge < -0.3 is 4.74 Å². The van der Waals surface area contributed by atoms with Crippen molar-refractivity contribution in [3.8, 4) is 0 Å². The third-order valence-electron chi connectivity index (χ3n) is 2.95. The first kappa shape index (κ1) is 13.9. The van der Waals surface area contributed by atoms with Gasteiger partial charge in [0.2, 0.25) is 10.0 Å². The van der Waals surface area contributed by atoms with E-state index in [1.165, 1.54) is 16.4 Å². The molecular weight excluding hydrogens is 325 g/mol. The molecule has 0 N–H and O–H groups in total. The molecule has 18 heavy (non-hydrogen) atoms. The van der Waals surface area contributed by atoms with Crippen LogP contribution in [0.15, 0.2) is 27.6 Å². The van der Waals surface area contributed by atoms with Gasteiger partial charge in [0.15, 0.2) is 0 Å². The molecule has 1 saturated heterocycles. The van der Waals surface area contributed by atoms with Gasteiger partial charge in [0.05, 0.1) is 6.10 Å². The summed E-state index contributed by atoms with van der Waals surface area (Å²) >= 11 is 3.10. The zero-order valence-electron chi connectivity index (χ0n) is 9.77. The lowest BCUT2D eigenvalue weighted by Gasteiger charge is -2.16. The van der Waals surface area contributed by atoms with Crippen LogP contribution in [0.1, 0.15) is 6.42 Å². The minimum absolute atomic E-state index is 0.113. The van der Waals surface area contributed by atoms with E-state index in [-0.39, 0.29) is 17.5 Å². The summed E-state index contributed by atoms with van der Waals surface area (Å²) in [6.45, 7) is 0.630. The first-order valence-electron chi connectivity index (χ1n) is 5.43. The molecule has 0 aromatic heterocycles. The number of benzene rings is 1. The van der Waals surface area contributed by atoms with Crippen LogP contribution < -0.4 is 0 Å². The molecule has 1 unspecified atom stereocenters. The molecule has 1 aliphatic heterocycles. The lowest BCUT2D eigenvalue weighted by atomic mass is 10.3. The lowest BCUT2D eigenvalue weighted by molar-refractivity contribution is 0.115. The second-order valence-corrected chi connectivity index (χ2v) is 6.91. The summed E-state index contributed by atoms with van der Waals surface area (Å²) in [5, 5.41) is 0. The van der Waals surface area contributed by atoms with Gasteiger partial charge in [-0.2, -0.15) is 4.31 Å². The standard InChI is InChI=1S/C11H13BrFNO3S/c1-17-9-4-5-14(7-9)18(15,16)11-3-2-8(12)6-10(11)13/h2-3,6,9H,4-5,7H2,1H3. The zero-order chi connectivity index (χ0) is 13.3. The first-order chi connectivity index (χ1) is 8.45.